The molecule has 1 N–H and O–H groups in total. The van der Waals surface area contributed by atoms with E-state index >= 15 is 0 Å². The molecule has 0 fully saturated rings. The minimum Gasteiger partial charge on any atom is -0.449 e. The third-order valence-electron chi connectivity index (χ3n) is 7.01. The van der Waals surface area contributed by atoms with Gasteiger partial charge in [0.05, 0.1) is 11.1 Å². The zero-order valence-electron chi connectivity index (χ0n) is 21.5. The summed E-state index contributed by atoms with van der Waals surface area (Å²) in [6, 6.07) is 23.7. The van der Waals surface area contributed by atoms with Gasteiger partial charge in [-0.25, -0.2) is 4.79 Å². The molecule has 6 nitrogen and oxygen atoms in total. The number of aryl methyl sites for hydroxylation is 2. The van der Waals surface area contributed by atoms with Gasteiger partial charge in [-0.05, 0) is 55.7 Å². The molecule has 0 bridgehead atoms. The van der Waals surface area contributed by atoms with Crippen molar-refractivity contribution in [1.82, 2.24) is 9.88 Å². The van der Waals surface area contributed by atoms with Crippen LogP contribution in [0.3, 0.4) is 0 Å². The lowest BCUT2D eigenvalue weighted by molar-refractivity contribution is -0.123. The second-order valence-electron chi connectivity index (χ2n) is 9.71. The highest BCUT2D eigenvalue weighted by atomic mass is 16.5. The normalized spacial score (nSPS) is 14.1. The summed E-state index contributed by atoms with van der Waals surface area (Å²) in [6.45, 7) is 7.85. The second kappa shape index (κ2) is 10.5. The number of fused-ring (bicyclic) bond motifs is 2. The molecule has 1 aromatic heterocycles. The summed E-state index contributed by atoms with van der Waals surface area (Å²) < 4.78 is 5.75. The molecule has 3 aromatic carbocycles. The molecule has 0 saturated heterocycles. The number of aromatic nitrogens is 1. The summed E-state index contributed by atoms with van der Waals surface area (Å²) in [5.41, 5.74) is 7.20. The predicted octanol–water partition coefficient (Wildman–Crippen LogP) is 5.59. The standard InChI is InChI=1S/C31H31N3O3/c1-20-13-14-24(17-21(20)2)32-30(35)22(3)37-31(36)29-25-11-7-8-12-27(25)33-28-15-16-34(19-26(28)29)18-23-9-5-4-6-10-23/h4-14,17,22H,15-16,18-19H2,1-3H3,(H,32,35). The molecule has 4 aromatic rings. The van der Waals surface area contributed by atoms with E-state index in [1.807, 2.05) is 74.5 Å². The van der Waals surface area contributed by atoms with Gasteiger partial charge in [0.1, 0.15) is 0 Å². The van der Waals surface area contributed by atoms with Crippen LogP contribution in [0.1, 0.15) is 45.2 Å². The Hall–Kier alpha value is -4.03. The zero-order valence-corrected chi connectivity index (χ0v) is 21.5. The average Bonchev–Trinajstić information content (AvgIpc) is 2.90. The molecular formula is C31H31N3O3. The molecule has 1 unspecified atom stereocenters. The molecule has 1 amide bonds. The van der Waals surface area contributed by atoms with E-state index in [4.69, 9.17) is 9.72 Å². The summed E-state index contributed by atoms with van der Waals surface area (Å²) in [5, 5.41) is 3.61. The number of benzene rings is 3. The number of pyridine rings is 1. The van der Waals surface area contributed by atoms with Crippen molar-refractivity contribution in [3.8, 4) is 0 Å². The minimum atomic E-state index is -0.958. The fraction of sp³-hybridized carbons (Fsp3) is 0.258. The summed E-state index contributed by atoms with van der Waals surface area (Å²) in [5.74, 6) is -0.867. The molecule has 0 spiro atoms. The number of hydrogen-bond acceptors (Lipinski definition) is 5. The van der Waals surface area contributed by atoms with Gasteiger partial charge in [0, 0.05) is 48.4 Å². The number of nitrogens with one attached hydrogen (secondary N) is 1. The third kappa shape index (κ3) is 5.39. The highest BCUT2D eigenvalue weighted by molar-refractivity contribution is 6.06. The third-order valence-corrected chi connectivity index (χ3v) is 7.01. The molecule has 0 aliphatic carbocycles. The van der Waals surface area contributed by atoms with Gasteiger partial charge in [0.2, 0.25) is 0 Å². The number of amides is 1. The smallest absolute Gasteiger partial charge is 0.339 e. The molecule has 1 atom stereocenters. The van der Waals surface area contributed by atoms with Crippen molar-refractivity contribution in [1.29, 1.82) is 0 Å². The van der Waals surface area contributed by atoms with Crippen LogP contribution in [0, 0.1) is 13.8 Å². The molecule has 188 valence electrons. The Balaban J connectivity index is 1.40. The first-order valence-corrected chi connectivity index (χ1v) is 12.6. The number of hydrogen-bond donors (Lipinski definition) is 1. The Morgan fingerprint density at radius 1 is 1.00 bits per heavy atom. The van der Waals surface area contributed by atoms with Crippen LogP contribution in [0.15, 0.2) is 72.8 Å². The Morgan fingerprint density at radius 3 is 2.54 bits per heavy atom. The van der Waals surface area contributed by atoms with Gasteiger partial charge < -0.3 is 10.1 Å². The zero-order chi connectivity index (χ0) is 25.9. The number of carbonyl (C=O) groups is 2. The van der Waals surface area contributed by atoms with Gasteiger partial charge in [0.15, 0.2) is 6.10 Å². The van der Waals surface area contributed by atoms with E-state index in [1.54, 1.807) is 6.92 Å². The molecule has 0 radical (unpaired) electrons. The highest BCUT2D eigenvalue weighted by Crippen LogP contribution is 2.30. The van der Waals surface area contributed by atoms with Crippen LogP contribution >= 0.6 is 0 Å². The van der Waals surface area contributed by atoms with Crippen molar-refractivity contribution in [3.63, 3.8) is 0 Å². The first kappa shape index (κ1) is 24.7. The predicted molar refractivity (Wildman–Crippen MR) is 145 cm³/mol. The fourth-order valence-corrected chi connectivity index (χ4v) is 4.79. The van der Waals surface area contributed by atoms with E-state index in [9.17, 15) is 9.59 Å². The van der Waals surface area contributed by atoms with E-state index in [-0.39, 0.29) is 5.91 Å². The van der Waals surface area contributed by atoms with Gasteiger partial charge in [0.25, 0.3) is 5.91 Å². The van der Waals surface area contributed by atoms with Crippen molar-refractivity contribution >= 4 is 28.5 Å². The van der Waals surface area contributed by atoms with Crippen molar-refractivity contribution in [2.75, 3.05) is 11.9 Å². The maximum atomic E-state index is 13.6. The van der Waals surface area contributed by atoms with Crippen molar-refractivity contribution in [2.45, 2.75) is 46.4 Å². The summed E-state index contributed by atoms with van der Waals surface area (Å²) >= 11 is 0. The molecule has 1 aliphatic heterocycles. The van der Waals surface area contributed by atoms with Crippen LogP contribution in [0.25, 0.3) is 10.9 Å². The molecular weight excluding hydrogens is 462 g/mol. The number of rotatable bonds is 6. The van der Waals surface area contributed by atoms with Gasteiger partial charge in [-0.15, -0.1) is 0 Å². The maximum Gasteiger partial charge on any atom is 0.339 e. The van der Waals surface area contributed by atoms with Crippen LogP contribution in [0.4, 0.5) is 5.69 Å². The van der Waals surface area contributed by atoms with Crippen molar-refractivity contribution < 1.29 is 14.3 Å². The monoisotopic (exact) mass is 493 g/mol. The van der Waals surface area contributed by atoms with Crippen LogP contribution in [-0.4, -0.2) is 34.4 Å². The summed E-state index contributed by atoms with van der Waals surface area (Å²) in [4.78, 5) is 33.7. The van der Waals surface area contributed by atoms with Gasteiger partial charge in [-0.3, -0.25) is 14.7 Å². The number of nitrogens with zero attached hydrogens (tertiary/aromatic N) is 2. The van der Waals surface area contributed by atoms with Gasteiger partial charge >= 0.3 is 5.97 Å². The molecule has 5 rings (SSSR count). The number of carbonyl (C=O) groups excluding carboxylic acids is 2. The fourth-order valence-electron chi connectivity index (χ4n) is 4.79. The largest absolute Gasteiger partial charge is 0.449 e. The van der Waals surface area contributed by atoms with Crippen LogP contribution in [0.2, 0.25) is 0 Å². The Bertz CT molecular complexity index is 1470. The van der Waals surface area contributed by atoms with Crippen molar-refractivity contribution in [2.24, 2.45) is 0 Å². The molecule has 37 heavy (non-hydrogen) atoms. The Kier molecular flexibility index (Phi) is 7.01. The topological polar surface area (TPSA) is 71.5 Å². The van der Waals surface area contributed by atoms with Gasteiger partial charge in [-0.2, -0.15) is 0 Å². The molecule has 0 saturated carbocycles. The SMILES string of the molecule is Cc1ccc(NC(=O)C(C)OC(=O)c2c3c(nc4ccccc24)CCN(Cc2ccccc2)C3)cc1C. The number of anilines is 1. The molecule has 2 heterocycles. The lowest BCUT2D eigenvalue weighted by atomic mass is 9.95. The van der Waals surface area contributed by atoms with Crippen molar-refractivity contribution in [3.05, 3.63) is 106 Å². The lowest BCUT2D eigenvalue weighted by Gasteiger charge is -2.30. The molecule has 6 heteroatoms. The van der Waals surface area contributed by atoms with Crippen LogP contribution in [-0.2, 0) is 29.0 Å². The van der Waals surface area contributed by atoms with E-state index in [0.717, 1.165) is 52.8 Å². The maximum absolute atomic E-state index is 13.6. The first-order valence-electron chi connectivity index (χ1n) is 12.6. The lowest BCUT2D eigenvalue weighted by Crippen LogP contribution is -2.34. The quantitative estimate of drug-likeness (QED) is 0.354. The van der Waals surface area contributed by atoms with Crippen LogP contribution in [0.5, 0.6) is 0 Å². The Labute approximate surface area is 217 Å². The van der Waals surface area contributed by atoms with Gasteiger partial charge in [-0.1, -0.05) is 54.6 Å². The Morgan fingerprint density at radius 2 is 1.76 bits per heavy atom. The van der Waals surface area contributed by atoms with E-state index < -0.39 is 12.1 Å². The van der Waals surface area contributed by atoms with Crippen LogP contribution < -0.4 is 5.32 Å². The highest BCUT2D eigenvalue weighted by Gasteiger charge is 2.28. The number of para-hydroxylation sites is 1. The number of esters is 1. The second-order valence-corrected chi connectivity index (χ2v) is 9.71. The van der Waals surface area contributed by atoms with E-state index in [0.29, 0.717) is 17.8 Å². The van der Waals surface area contributed by atoms with E-state index in [2.05, 4.69) is 22.3 Å². The first-order chi connectivity index (χ1) is 17.9. The van der Waals surface area contributed by atoms with E-state index in [1.165, 1.54) is 5.56 Å². The summed E-state index contributed by atoms with van der Waals surface area (Å²) in [6.07, 6.45) is -0.212. The minimum absolute atomic E-state index is 0.366. The average molecular weight is 494 g/mol. The molecule has 1 aliphatic rings. The number of ether oxygens (including phenoxy) is 1. The summed E-state index contributed by atoms with van der Waals surface area (Å²) in [7, 11) is 0.